The molecule has 1 aliphatic rings. The van der Waals surface area contributed by atoms with Crippen LogP contribution in [0.2, 0.25) is 0 Å². The van der Waals surface area contributed by atoms with Crippen LogP contribution in [0.25, 0.3) is 0 Å². The maximum atomic E-state index is 9.52. The van der Waals surface area contributed by atoms with E-state index in [4.69, 9.17) is 5.73 Å². The van der Waals surface area contributed by atoms with Crippen LogP contribution in [-0.4, -0.2) is 17.8 Å². The van der Waals surface area contributed by atoms with Crippen molar-refractivity contribution in [3.8, 4) is 0 Å². The van der Waals surface area contributed by atoms with Crippen molar-refractivity contribution in [1.82, 2.24) is 0 Å². The van der Waals surface area contributed by atoms with Gasteiger partial charge in [-0.25, -0.2) is 0 Å². The van der Waals surface area contributed by atoms with Gasteiger partial charge in [-0.15, -0.1) is 0 Å². The zero-order valence-corrected chi connectivity index (χ0v) is 7.82. The Morgan fingerprint density at radius 1 is 1.38 bits per heavy atom. The molecule has 0 aliphatic heterocycles. The van der Waals surface area contributed by atoms with E-state index in [0.29, 0.717) is 13.0 Å². The normalized spacial score (nSPS) is 18.2. The summed E-state index contributed by atoms with van der Waals surface area (Å²) < 4.78 is 0. The van der Waals surface area contributed by atoms with E-state index < -0.39 is 0 Å². The molecule has 1 rings (SSSR count). The zero-order chi connectivity index (χ0) is 9.52. The molecule has 0 spiro atoms. The van der Waals surface area contributed by atoms with Crippen LogP contribution in [0.15, 0.2) is 36.0 Å². The smallest absolute Gasteiger partial charge is 0.0589 e. The van der Waals surface area contributed by atoms with Crippen molar-refractivity contribution in [1.29, 1.82) is 0 Å². The van der Waals surface area contributed by atoms with Gasteiger partial charge >= 0.3 is 0 Å². The van der Waals surface area contributed by atoms with Gasteiger partial charge in [-0.1, -0.05) is 36.0 Å². The highest BCUT2D eigenvalue weighted by atomic mass is 16.3. The van der Waals surface area contributed by atoms with Gasteiger partial charge in [0.15, 0.2) is 0 Å². The predicted molar refractivity (Wildman–Crippen MR) is 55.3 cm³/mol. The summed E-state index contributed by atoms with van der Waals surface area (Å²) >= 11 is 0. The van der Waals surface area contributed by atoms with Crippen molar-refractivity contribution in [2.75, 3.05) is 6.54 Å². The van der Waals surface area contributed by atoms with E-state index >= 15 is 0 Å². The summed E-state index contributed by atoms with van der Waals surface area (Å²) in [6, 6.07) is 0. The van der Waals surface area contributed by atoms with Crippen LogP contribution in [0.3, 0.4) is 0 Å². The molecule has 2 heteroatoms. The van der Waals surface area contributed by atoms with E-state index in [0.717, 1.165) is 12.8 Å². The van der Waals surface area contributed by atoms with Crippen LogP contribution in [-0.2, 0) is 0 Å². The lowest BCUT2D eigenvalue weighted by atomic mass is 10.0. The molecule has 0 aromatic rings. The number of aliphatic hydroxyl groups excluding tert-OH is 1. The standard InChI is InChI=1S/C11H17NO/c12-8-7-11(13)9-10-5-3-1-2-4-6-10/h1-5,11,13H,6-9,12H2. The first-order valence-corrected chi connectivity index (χ1v) is 4.72. The van der Waals surface area contributed by atoms with Crippen LogP contribution < -0.4 is 5.73 Å². The van der Waals surface area contributed by atoms with Crippen LogP contribution in [0.4, 0.5) is 0 Å². The first kappa shape index (κ1) is 10.2. The number of aliphatic hydroxyl groups is 1. The van der Waals surface area contributed by atoms with Crippen molar-refractivity contribution in [3.05, 3.63) is 36.0 Å². The Hall–Kier alpha value is -0.860. The second kappa shape index (κ2) is 5.73. The number of hydrogen-bond donors (Lipinski definition) is 2. The molecule has 0 aromatic carbocycles. The van der Waals surface area contributed by atoms with E-state index in [1.54, 1.807) is 0 Å². The summed E-state index contributed by atoms with van der Waals surface area (Å²) in [7, 11) is 0. The summed E-state index contributed by atoms with van der Waals surface area (Å²) in [5.74, 6) is 0. The lowest BCUT2D eigenvalue weighted by molar-refractivity contribution is 0.167. The Balaban J connectivity index is 2.39. The Bertz CT molecular complexity index is 228. The molecule has 0 aromatic heterocycles. The predicted octanol–water partition coefficient (Wildman–Crippen LogP) is 1.53. The third kappa shape index (κ3) is 4.06. The van der Waals surface area contributed by atoms with E-state index in [2.05, 4.69) is 12.2 Å². The van der Waals surface area contributed by atoms with Gasteiger partial charge in [0.1, 0.15) is 0 Å². The average molecular weight is 179 g/mol. The first-order chi connectivity index (χ1) is 6.33. The molecule has 0 saturated carbocycles. The van der Waals surface area contributed by atoms with Gasteiger partial charge in [0.05, 0.1) is 6.10 Å². The highest BCUT2D eigenvalue weighted by molar-refractivity contribution is 5.23. The van der Waals surface area contributed by atoms with E-state index in [-0.39, 0.29) is 6.10 Å². The molecule has 13 heavy (non-hydrogen) atoms. The number of rotatable bonds is 4. The van der Waals surface area contributed by atoms with Gasteiger partial charge in [0.2, 0.25) is 0 Å². The molecule has 1 atom stereocenters. The molecule has 0 radical (unpaired) electrons. The minimum Gasteiger partial charge on any atom is -0.393 e. The van der Waals surface area contributed by atoms with Crippen LogP contribution in [0.5, 0.6) is 0 Å². The minimum absolute atomic E-state index is 0.281. The summed E-state index contributed by atoms with van der Waals surface area (Å²) in [5, 5.41) is 9.52. The second-order valence-electron chi connectivity index (χ2n) is 3.28. The number of allylic oxidation sites excluding steroid dienone is 5. The molecule has 0 heterocycles. The summed E-state index contributed by atoms with van der Waals surface area (Å²) in [6.45, 7) is 0.556. The molecule has 1 aliphatic carbocycles. The molecule has 1 unspecified atom stereocenters. The fraction of sp³-hybridized carbons (Fsp3) is 0.455. The summed E-state index contributed by atoms with van der Waals surface area (Å²) in [6.07, 6.45) is 12.3. The van der Waals surface area contributed by atoms with Crippen molar-refractivity contribution in [2.45, 2.75) is 25.4 Å². The Morgan fingerprint density at radius 3 is 3.00 bits per heavy atom. The molecule has 0 bridgehead atoms. The van der Waals surface area contributed by atoms with Gasteiger partial charge in [-0.3, -0.25) is 0 Å². The van der Waals surface area contributed by atoms with E-state index in [1.807, 2.05) is 18.2 Å². The monoisotopic (exact) mass is 179 g/mol. The van der Waals surface area contributed by atoms with Gasteiger partial charge in [0.25, 0.3) is 0 Å². The number of hydrogen-bond acceptors (Lipinski definition) is 2. The first-order valence-electron chi connectivity index (χ1n) is 4.72. The molecular formula is C11H17NO. The number of nitrogens with two attached hydrogens (primary N) is 1. The van der Waals surface area contributed by atoms with Gasteiger partial charge < -0.3 is 10.8 Å². The largest absolute Gasteiger partial charge is 0.393 e. The van der Waals surface area contributed by atoms with Crippen LogP contribution >= 0.6 is 0 Å². The van der Waals surface area contributed by atoms with Crippen LogP contribution in [0.1, 0.15) is 19.3 Å². The second-order valence-corrected chi connectivity index (χ2v) is 3.28. The fourth-order valence-electron chi connectivity index (χ4n) is 1.37. The van der Waals surface area contributed by atoms with Gasteiger partial charge in [0, 0.05) is 0 Å². The zero-order valence-electron chi connectivity index (χ0n) is 7.82. The SMILES string of the molecule is NCCC(O)CC1=CC=CC=CC1. The highest BCUT2D eigenvalue weighted by Crippen LogP contribution is 2.14. The summed E-state index contributed by atoms with van der Waals surface area (Å²) in [4.78, 5) is 0. The van der Waals surface area contributed by atoms with Crippen molar-refractivity contribution in [2.24, 2.45) is 5.73 Å². The Morgan fingerprint density at radius 2 is 2.23 bits per heavy atom. The quantitative estimate of drug-likeness (QED) is 0.687. The van der Waals surface area contributed by atoms with Crippen molar-refractivity contribution < 1.29 is 5.11 Å². The Kier molecular flexibility index (Phi) is 4.50. The molecule has 0 amide bonds. The molecule has 2 nitrogen and oxygen atoms in total. The van der Waals surface area contributed by atoms with Crippen LogP contribution in [0, 0.1) is 0 Å². The van der Waals surface area contributed by atoms with Gasteiger partial charge in [-0.2, -0.15) is 0 Å². The maximum Gasteiger partial charge on any atom is 0.0589 e. The van der Waals surface area contributed by atoms with Crippen molar-refractivity contribution in [3.63, 3.8) is 0 Å². The maximum absolute atomic E-state index is 9.52. The average Bonchev–Trinajstić information content (AvgIpc) is 2.33. The fourth-order valence-corrected chi connectivity index (χ4v) is 1.37. The molecule has 0 saturated heterocycles. The highest BCUT2D eigenvalue weighted by Gasteiger charge is 2.05. The lowest BCUT2D eigenvalue weighted by Crippen LogP contribution is -2.13. The lowest BCUT2D eigenvalue weighted by Gasteiger charge is -2.10. The molecule has 3 N–H and O–H groups in total. The third-order valence-corrected chi connectivity index (χ3v) is 2.07. The molecule has 0 fully saturated rings. The third-order valence-electron chi connectivity index (χ3n) is 2.07. The Labute approximate surface area is 79.4 Å². The van der Waals surface area contributed by atoms with Gasteiger partial charge in [-0.05, 0) is 25.8 Å². The molecular weight excluding hydrogens is 162 g/mol. The minimum atomic E-state index is -0.281. The topological polar surface area (TPSA) is 46.2 Å². The van der Waals surface area contributed by atoms with E-state index in [9.17, 15) is 5.11 Å². The molecule has 72 valence electrons. The summed E-state index contributed by atoms with van der Waals surface area (Å²) in [5.41, 5.74) is 6.63. The van der Waals surface area contributed by atoms with Crippen molar-refractivity contribution >= 4 is 0 Å². The van der Waals surface area contributed by atoms with E-state index in [1.165, 1.54) is 5.57 Å².